The molecule has 0 aliphatic carbocycles. The lowest BCUT2D eigenvalue weighted by Crippen LogP contribution is -2.28. The van der Waals surface area contributed by atoms with Crippen molar-refractivity contribution in [2.75, 3.05) is 0 Å². The molecule has 0 bridgehead atoms. The van der Waals surface area contributed by atoms with Crippen molar-refractivity contribution in [2.24, 2.45) is 0 Å². The number of aliphatic hydroxyl groups excluding tert-OH is 1. The van der Waals surface area contributed by atoms with E-state index in [-0.39, 0.29) is 5.56 Å². The number of nitrogens with zero attached hydrogens (tertiary/aromatic N) is 2. The van der Waals surface area contributed by atoms with E-state index < -0.39 is 6.10 Å². The van der Waals surface area contributed by atoms with Gasteiger partial charge in [0.1, 0.15) is 5.69 Å². The Labute approximate surface area is 93.2 Å². The Morgan fingerprint density at radius 3 is 2.81 bits per heavy atom. The number of para-hydroxylation sites is 2. The molecule has 0 aliphatic heterocycles. The zero-order valence-electron chi connectivity index (χ0n) is 9.34. The number of aryl methyl sites for hydroxylation is 1. The van der Waals surface area contributed by atoms with E-state index in [9.17, 15) is 9.90 Å². The molecule has 1 atom stereocenters. The summed E-state index contributed by atoms with van der Waals surface area (Å²) < 4.78 is 1.57. The van der Waals surface area contributed by atoms with E-state index in [1.54, 1.807) is 18.4 Å². The summed E-state index contributed by atoms with van der Waals surface area (Å²) in [7, 11) is 0. The lowest BCUT2D eigenvalue weighted by molar-refractivity contribution is 0.173. The Kier molecular flexibility index (Phi) is 2.75. The van der Waals surface area contributed by atoms with Crippen LogP contribution in [0, 0.1) is 6.92 Å². The Hall–Kier alpha value is -1.68. The molecule has 0 spiro atoms. The van der Waals surface area contributed by atoms with E-state index in [2.05, 4.69) is 4.98 Å². The van der Waals surface area contributed by atoms with Gasteiger partial charge in [0.05, 0.1) is 23.7 Å². The Balaban J connectivity index is 2.76. The topological polar surface area (TPSA) is 55.1 Å². The molecule has 1 aromatic heterocycles. The number of hydrogen-bond acceptors (Lipinski definition) is 3. The van der Waals surface area contributed by atoms with Gasteiger partial charge in [0, 0.05) is 0 Å². The van der Waals surface area contributed by atoms with Crippen molar-refractivity contribution in [1.29, 1.82) is 0 Å². The Morgan fingerprint density at radius 1 is 1.44 bits per heavy atom. The van der Waals surface area contributed by atoms with Crippen molar-refractivity contribution in [3.8, 4) is 0 Å². The number of benzene rings is 1. The van der Waals surface area contributed by atoms with E-state index >= 15 is 0 Å². The SMILES string of the molecule is Cc1nc2ccccc2n(C[C@@H](C)O)c1=O. The minimum Gasteiger partial charge on any atom is -0.392 e. The van der Waals surface area contributed by atoms with Crippen LogP contribution < -0.4 is 5.56 Å². The van der Waals surface area contributed by atoms with Crippen molar-refractivity contribution in [3.05, 3.63) is 40.3 Å². The number of hydrogen-bond donors (Lipinski definition) is 1. The molecule has 4 heteroatoms. The van der Waals surface area contributed by atoms with Gasteiger partial charge in [0.25, 0.3) is 5.56 Å². The molecule has 4 nitrogen and oxygen atoms in total. The van der Waals surface area contributed by atoms with E-state index in [4.69, 9.17) is 0 Å². The normalized spacial score (nSPS) is 12.9. The highest BCUT2D eigenvalue weighted by atomic mass is 16.3. The molecule has 84 valence electrons. The quantitative estimate of drug-likeness (QED) is 0.820. The first kappa shape index (κ1) is 10.8. The third-order valence-corrected chi connectivity index (χ3v) is 2.46. The summed E-state index contributed by atoms with van der Waals surface area (Å²) >= 11 is 0. The standard InChI is InChI=1S/C12H14N2O2/c1-8(15)7-14-11-6-4-3-5-10(11)13-9(2)12(14)16/h3-6,8,15H,7H2,1-2H3/t8-/m1/s1. The largest absolute Gasteiger partial charge is 0.392 e. The summed E-state index contributed by atoms with van der Waals surface area (Å²) in [6, 6.07) is 7.44. The summed E-state index contributed by atoms with van der Waals surface area (Å²) in [5.41, 5.74) is 1.86. The molecule has 0 aliphatic rings. The highest BCUT2D eigenvalue weighted by molar-refractivity contribution is 5.74. The summed E-state index contributed by atoms with van der Waals surface area (Å²) in [5.74, 6) is 0. The molecule has 0 amide bonds. The lowest BCUT2D eigenvalue weighted by Gasteiger charge is -2.12. The van der Waals surface area contributed by atoms with Crippen LogP contribution in [0.5, 0.6) is 0 Å². The number of fused-ring (bicyclic) bond motifs is 1. The lowest BCUT2D eigenvalue weighted by atomic mass is 10.2. The second-order valence-electron chi connectivity index (χ2n) is 3.95. The maximum Gasteiger partial charge on any atom is 0.272 e. The van der Waals surface area contributed by atoms with Crippen LogP contribution in [0.1, 0.15) is 12.6 Å². The fraction of sp³-hybridized carbons (Fsp3) is 0.333. The molecule has 2 rings (SSSR count). The molecular weight excluding hydrogens is 204 g/mol. The third-order valence-electron chi connectivity index (χ3n) is 2.46. The monoisotopic (exact) mass is 218 g/mol. The minimum atomic E-state index is -0.553. The highest BCUT2D eigenvalue weighted by Gasteiger charge is 2.08. The Morgan fingerprint density at radius 2 is 2.12 bits per heavy atom. The predicted octanol–water partition coefficient (Wildman–Crippen LogP) is 1.09. The molecule has 0 saturated carbocycles. The van der Waals surface area contributed by atoms with E-state index in [0.717, 1.165) is 11.0 Å². The first-order valence-electron chi connectivity index (χ1n) is 5.24. The van der Waals surface area contributed by atoms with Crippen molar-refractivity contribution in [1.82, 2.24) is 9.55 Å². The van der Waals surface area contributed by atoms with Crippen LogP contribution in [0.25, 0.3) is 11.0 Å². The maximum absolute atomic E-state index is 11.9. The van der Waals surface area contributed by atoms with E-state index in [0.29, 0.717) is 12.2 Å². The molecular formula is C12H14N2O2. The van der Waals surface area contributed by atoms with Crippen molar-refractivity contribution in [2.45, 2.75) is 26.5 Å². The van der Waals surface area contributed by atoms with Gasteiger partial charge in [-0.25, -0.2) is 4.98 Å². The van der Waals surface area contributed by atoms with Gasteiger partial charge in [-0.1, -0.05) is 12.1 Å². The first-order chi connectivity index (χ1) is 7.59. The van der Waals surface area contributed by atoms with E-state index in [1.807, 2.05) is 24.3 Å². The van der Waals surface area contributed by atoms with Crippen molar-refractivity contribution in [3.63, 3.8) is 0 Å². The molecule has 1 aromatic carbocycles. The van der Waals surface area contributed by atoms with Gasteiger partial charge >= 0.3 is 0 Å². The summed E-state index contributed by atoms with van der Waals surface area (Å²) in [4.78, 5) is 16.1. The van der Waals surface area contributed by atoms with Gasteiger partial charge in [-0.05, 0) is 26.0 Å². The fourth-order valence-electron chi connectivity index (χ4n) is 1.77. The fourth-order valence-corrected chi connectivity index (χ4v) is 1.77. The van der Waals surface area contributed by atoms with Gasteiger partial charge in [0.15, 0.2) is 0 Å². The molecule has 0 radical (unpaired) electrons. The smallest absolute Gasteiger partial charge is 0.272 e. The van der Waals surface area contributed by atoms with Gasteiger partial charge in [-0.3, -0.25) is 4.79 Å². The summed E-state index contributed by atoms with van der Waals surface area (Å²) in [5, 5.41) is 9.40. The minimum absolute atomic E-state index is 0.139. The van der Waals surface area contributed by atoms with Crippen molar-refractivity contribution < 1.29 is 5.11 Å². The van der Waals surface area contributed by atoms with Crippen LogP contribution in [0.15, 0.2) is 29.1 Å². The first-order valence-corrected chi connectivity index (χ1v) is 5.24. The molecule has 16 heavy (non-hydrogen) atoms. The van der Waals surface area contributed by atoms with Gasteiger partial charge < -0.3 is 9.67 Å². The number of aromatic nitrogens is 2. The average molecular weight is 218 g/mol. The predicted molar refractivity (Wildman–Crippen MR) is 62.4 cm³/mol. The van der Waals surface area contributed by atoms with Gasteiger partial charge in [-0.15, -0.1) is 0 Å². The van der Waals surface area contributed by atoms with Crippen LogP contribution >= 0.6 is 0 Å². The summed E-state index contributed by atoms with van der Waals surface area (Å²) in [6.07, 6.45) is -0.553. The third kappa shape index (κ3) is 1.84. The zero-order chi connectivity index (χ0) is 11.7. The maximum atomic E-state index is 11.9. The molecule has 0 fully saturated rings. The van der Waals surface area contributed by atoms with Crippen molar-refractivity contribution >= 4 is 11.0 Å². The molecule has 1 heterocycles. The second kappa shape index (κ2) is 4.06. The molecule has 0 saturated heterocycles. The van der Waals surface area contributed by atoms with Crippen LogP contribution in [0.3, 0.4) is 0 Å². The van der Waals surface area contributed by atoms with E-state index in [1.165, 1.54) is 0 Å². The second-order valence-corrected chi connectivity index (χ2v) is 3.95. The van der Waals surface area contributed by atoms with Crippen LogP contribution in [-0.4, -0.2) is 20.8 Å². The van der Waals surface area contributed by atoms with Gasteiger partial charge in [-0.2, -0.15) is 0 Å². The molecule has 2 aromatic rings. The van der Waals surface area contributed by atoms with Crippen LogP contribution in [0.4, 0.5) is 0 Å². The number of rotatable bonds is 2. The highest BCUT2D eigenvalue weighted by Crippen LogP contribution is 2.09. The van der Waals surface area contributed by atoms with Crippen LogP contribution in [-0.2, 0) is 6.54 Å². The average Bonchev–Trinajstić information content (AvgIpc) is 2.24. The number of aliphatic hydroxyl groups is 1. The Bertz CT molecular complexity index is 573. The zero-order valence-corrected chi connectivity index (χ0v) is 9.34. The van der Waals surface area contributed by atoms with Gasteiger partial charge in [0.2, 0.25) is 0 Å². The summed E-state index contributed by atoms with van der Waals surface area (Å²) in [6.45, 7) is 3.65. The van der Waals surface area contributed by atoms with Crippen LogP contribution in [0.2, 0.25) is 0 Å². The molecule has 1 N–H and O–H groups in total. The molecule has 0 unspecified atom stereocenters.